The number of amides is 1. The Balaban J connectivity index is 4.61. The van der Waals surface area contributed by atoms with Crippen molar-refractivity contribution < 1.29 is 9.90 Å². The molecule has 0 aliphatic rings. The molecule has 0 saturated carbocycles. The zero-order valence-electron chi connectivity index (χ0n) is 9.00. The van der Waals surface area contributed by atoms with Crippen molar-refractivity contribution in [2.75, 3.05) is 0 Å². The summed E-state index contributed by atoms with van der Waals surface area (Å²) in [6.07, 6.45) is 0.904. The minimum Gasteiger partial charge on any atom is -0.389 e. The van der Waals surface area contributed by atoms with Crippen LogP contribution in [0.4, 0.5) is 0 Å². The average Bonchev–Trinajstić information content (AvgIpc) is 2.01. The first-order chi connectivity index (χ1) is 5.84. The third-order valence-electron chi connectivity index (χ3n) is 2.92. The van der Waals surface area contributed by atoms with Gasteiger partial charge in [0.2, 0.25) is 5.91 Å². The molecule has 3 heteroatoms. The topological polar surface area (TPSA) is 63.3 Å². The summed E-state index contributed by atoms with van der Waals surface area (Å²) in [6, 6.07) is 0. The van der Waals surface area contributed by atoms with E-state index in [0.29, 0.717) is 0 Å². The van der Waals surface area contributed by atoms with Gasteiger partial charge in [0.15, 0.2) is 0 Å². The molecule has 0 bridgehead atoms. The van der Waals surface area contributed by atoms with Crippen LogP contribution in [0.25, 0.3) is 0 Å². The van der Waals surface area contributed by atoms with Gasteiger partial charge in [0, 0.05) is 0 Å². The summed E-state index contributed by atoms with van der Waals surface area (Å²) in [6.45, 7) is 7.77. The van der Waals surface area contributed by atoms with Gasteiger partial charge in [-0.2, -0.15) is 0 Å². The number of carbonyl (C=O) groups is 1. The van der Waals surface area contributed by atoms with E-state index >= 15 is 0 Å². The quantitative estimate of drug-likeness (QED) is 0.681. The minimum absolute atomic E-state index is 0.0509. The molecule has 0 saturated heterocycles. The molecule has 13 heavy (non-hydrogen) atoms. The summed E-state index contributed by atoms with van der Waals surface area (Å²) < 4.78 is 0. The van der Waals surface area contributed by atoms with Gasteiger partial charge >= 0.3 is 0 Å². The first kappa shape index (κ1) is 12.4. The lowest BCUT2D eigenvalue weighted by atomic mass is 9.76. The fourth-order valence-corrected chi connectivity index (χ4v) is 1.58. The summed E-state index contributed by atoms with van der Waals surface area (Å²) in [5.74, 6) is -0.286. The molecular formula is C10H21NO2. The SMILES string of the molecule is CCC(C)C(O)(CC(N)=O)C(C)C. The fraction of sp³-hybridized carbons (Fsp3) is 0.900. The number of primary amides is 1. The highest BCUT2D eigenvalue weighted by Gasteiger charge is 2.37. The number of rotatable bonds is 5. The van der Waals surface area contributed by atoms with Crippen molar-refractivity contribution in [3.63, 3.8) is 0 Å². The molecule has 0 aromatic carbocycles. The molecule has 0 heterocycles. The first-order valence-corrected chi connectivity index (χ1v) is 4.85. The first-order valence-electron chi connectivity index (χ1n) is 4.85. The van der Waals surface area contributed by atoms with Crippen molar-refractivity contribution in [2.45, 2.75) is 46.1 Å². The Kier molecular flexibility index (Phi) is 4.40. The van der Waals surface area contributed by atoms with E-state index in [4.69, 9.17) is 5.73 Å². The van der Waals surface area contributed by atoms with Gasteiger partial charge in [0.05, 0.1) is 12.0 Å². The van der Waals surface area contributed by atoms with Crippen molar-refractivity contribution in [3.05, 3.63) is 0 Å². The van der Waals surface area contributed by atoms with Crippen LogP contribution < -0.4 is 5.73 Å². The number of hydrogen-bond donors (Lipinski definition) is 2. The van der Waals surface area contributed by atoms with Gasteiger partial charge < -0.3 is 10.8 Å². The summed E-state index contributed by atoms with van der Waals surface area (Å²) in [5, 5.41) is 10.2. The van der Waals surface area contributed by atoms with Crippen molar-refractivity contribution in [3.8, 4) is 0 Å². The molecule has 0 fully saturated rings. The Hall–Kier alpha value is -0.570. The number of hydrogen-bond acceptors (Lipinski definition) is 2. The highest BCUT2D eigenvalue weighted by Crippen LogP contribution is 2.31. The van der Waals surface area contributed by atoms with Crippen LogP contribution in [0.3, 0.4) is 0 Å². The molecular weight excluding hydrogens is 166 g/mol. The number of aliphatic hydroxyl groups is 1. The van der Waals surface area contributed by atoms with Gasteiger partial charge in [-0.1, -0.05) is 34.1 Å². The highest BCUT2D eigenvalue weighted by molar-refractivity contribution is 5.75. The van der Waals surface area contributed by atoms with E-state index in [2.05, 4.69) is 0 Å². The molecule has 2 unspecified atom stereocenters. The van der Waals surface area contributed by atoms with Gasteiger partial charge in [0.1, 0.15) is 0 Å². The van der Waals surface area contributed by atoms with E-state index in [1.54, 1.807) is 0 Å². The molecule has 0 aliphatic heterocycles. The van der Waals surface area contributed by atoms with Crippen LogP contribution in [0.15, 0.2) is 0 Å². The highest BCUT2D eigenvalue weighted by atomic mass is 16.3. The van der Waals surface area contributed by atoms with Crippen molar-refractivity contribution >= 4 is 5.91 Å². The third kappa shape index (κ3) is 2.99. The predicted molar refractivity (Wildman–Crippen MR) is 53.1 cm³/mol. The van der Waals surface area contributed by atoms with Crippen molar-refractivity contribution in [2.24, 2.45) is 17.6 Å². The Bertz CT molecular complexity index is 180. The van der Waals surface area contributed by atoms with Crippen LogP contribution in [0.1, 0.15) is 40.5 Å². The van der Waals surface area contributed by atoms with E-state index < -0.39 is 11.5 Å². The summed E-state index contributed by atoms with van der Waals surface area (Å²) in [5.41, 5.74) is 4.17. The molecule has 0 aromatic heterocycles. The van der Waals surface area contributed by atoms with Crippen LogP contribution in [-0.2, 0) is 4.79 Å². The zero-order valence-corrected chi connectivity index (χ0v) is 9.00. The predicted octanol–water partition coefficient (Wildman–Crippen LogP) is 1.30. The lowest BCUT2D eigenvalue weighted by molar-refractivity contribution is -0.129. The molecule has 2 atom stereocenters. The van der Waals surface area contributed by atoms with Crippen LogP contribution >= 0.6 is 0 Å². The second-order valence-corrected chi connectivity index (χ2v) is 4.10. The molecule has 0 aliphatic carbocycles. The Morgan fingerprint density at radius 3 is 2.15 bits per heavy atom. The number of carbonyl (C=O) groups excluding carboxylic acids is 1. The third-order valence-corrected chi connectivity index (χ3v) is 2.92. The molecule has 78 valence electrons. The molecule has 3 N–H and O–H groups in total. The zero-order chi connectivity index (χ0) is 10.6. The molecule has 0 spiro atoms. The fourth-order valence-electron chi connectivity index (χ4n) is 1.58. The van der Waals surface area contributed by atoms with E-state index in [9.17, 15) is 9.90 Å². The summed E-state index contributed by atoms with van der Waals surface area (Å²) in [7, 11) is 0. The maximum absolute atomic E-state index is 10.8. The largest absolute Gasteiger partial charge is 0.389 e. The van der Waals surface area contributed by atoms with Gasteiger partial charge in [-0.25, -0.2) is 0 Å². The van der Waals surface area contributed by atoms with E-state index in [-0.39, 0.29) is 18.3 Å². The van der Waals surface area contributed by atoms with Gasteiger partial charge in [-0.05, 0) is 11.8 Å². The normalized spacial score (nSPS) is 18.3. The van der Waals surface area contributed by atoms with E-state index in [1.165, 1.54) is 0 Å². The molecule has 0 aromatic rings. The summed E-state index contributed by atoms with van der Waals surface area (Å²) in [4.78, 5) is 10.8. The average molecular weight is 187 g/mol. The van der Waals surface area contributed by atoms with Crippen molar-refractivity contribution in [1.29, 1.82) is 0 Å². The molecule has 3 nitrogen and oxygen atoms in total. The molecule has 0 radical (unpaired) electrons. The van der Waals surface area contributed by atoms with E-state index in [1.807, 2.05) is 27.7 Å². The van der Waals surface area contributed by atoms with Gasteiger partial charge in [-0.15, -0.1) is 0 Å². The van der Waals surface area contributed by atoms with Gasteiger partial charge in [-0.3, -0.25) is 4.79 Å². The molecule has 1 amide bonds. The maximum atomic E-state index is 10.8. The Morgan fingerprint density at radius 2 is 1.92 bits per heavy atom. The van der Waals surface area contributed by atoms with Crippen LogP contribution in [0.2, 0.25) is 0 Å². The smallest absolute Gasteiger partial charge is 0.220 e. The Labute approximate surface area is 80.3 Å². The summed E-state index contributed by atoms with van der Waals surface area (Å²) >= 11 is 0. The second kappa shape index (κ2) is 4.61. The second-order valence-electron chi connectivity index (χ2n) is 4.10. The minimum atomic E-state index is -0.944. The van der Waals surface area contributed by atoms with Crippen LogP contribution in [0.5, 0.6) is 0 Å². The van der Waals surface area contributed by atoms with Crippen LogP contribution in [-0.4, -0.2) is 16.6 Å². The lowest BCUT2D eigenvalue weighted by Gasteiger charge is -2.36. The van der Waals surface area contributed by atoms with Crippen LogP contribution in [0, 0.1) is 11.8 Å². The Morgan fingerprint density at radius 1 is 1.46 bits per heavy atom. The molecule has 0 rings (SSSR count). The number of nitrogens with two attached hydrogens (primary N) is 1. The van der Waals surface area contributed by atoms with E-state index in [0.717, 1.165) is 6.42 Å². The maximum Gasteiger partial charge on any atom is 0.220 e. The van der Waals surface area contributed by atoms with Crippen molar-refractivity contribution in [1.82, 2.24) is 0 Å². The monoisotopic (exact) mass is 187 g/mol. The standard InChI is InChI=1S/C10H21NO2/c1-5-8(4)10(13,7(2)3)6-9(11)12/h7-8,13H,5-6H2,1-4H3,(H2,11,12). The lowest BCUT2D eigenvalue weighted by Crippen LogP contribution is -2.45. The van der Waals surface area contributed by atoms with Gasteiger partial charge in [0.25, 0.3) is 0 Å².